The third-order valence-corrected chi connectivity index (χ3v) is 5.41. The van der Waals surface area contributed by atoms with Crippen molar-refractivity contribution in [3.8, 4) is 11.1 Å². The minimum Gasteiger partial charge on any atom is -0.368 e. The molecule has 0 bridgehead atoms. The van der Waals surface area contributed by atoms with Gasteiger partial charge in [-0.1, -0.05) is 12.1 Å². The molecule has 3 N–H and O–H groups in total. The molecule has 3 aromatic rings. The summed E-state index contributed by atoms with van der Waals surface area (Å²) in [5, 5.41) is 0. The number of rotatable bonds is 4. The number of aryl methyl sites for hydroxylation is 2. The summed E-state index contributed by atoms with van der Waals surface area (Å²) in [5.41, 5.74) is 5.67. The Kier molecular flexibility index (Phi) is 5.18. The average molecular weight is 423 g/mol. The monoisotopic (exact) mass is 423 g/mol. The Morgan fingerprint density at radius 1 is 1.07 bits per heavy atom. The van der Waals surface area contributed by atoms with Crippen molar-refractivity contribution in [2.75, 3.05) is 10.5 Å². The number of halogens is 3. The van der Waals surface area contributed by atoms with Crippen molar-refractivity contribution in [1.29, 1.82) is 0 Å². The van der Waals surface area contributed by atoms with E-state index in [4.69, 9.17) is 5.73 Å². The fraction of sp³-hybridized carbons (Fsp3) is 0.167. The number of alkyl halides is 3. The summed E-state index contributed by atoms with van der Waals surface area (Å²) in [6.07, 6.45) is -3.55. The predicted molar refractivity (Wildman–Crippen MR) is 101 cm³/mol. The number of hydrogen-bond acceptors (Lipinski definition) is 6. The zero-order valence-electron chi connectivity index (χ0n) is 15.3. The fourth-order valence-corrected chi connectivity index (χ4v) is 3.96. The van der Waals surface area contributed by atoms with E-state index in [0.29, 0.717) is 23.0 Å². The van der Waals surface area contributed by atoms with Crippen LogP contribution in [0.2, 0.25) is 0 Å². The summed E-state index contributed by atoms with van der Waals surface area (Å²) in [7, 11) is -4.59. The zero-order valence-corrected chi connectivity index (χ0v) is 16.1. The molecule has 1 aromatic carbocycles. The van der Waals surface area contributed by atoms with Gasteiger partial charge in [-0.25, -0.2) is 23.4 Å². The van der Waals surface area contributed by atoms with Crippen LogP contribution in [0.1, 0.15) is 17.0 Å². The van der Waals surface area contributed by atoms with Crippen molar-refractivity contribution in [3.63, 3.8) is 0 Å². The summed E-state index contributed by atoms with van der Waals surface area (Å²) in [6, 6.07) is 7.32. The van der Waals surface area contributed by atoms with Gasteiger partial charge in [0.2, 0.25) is 5.95 Å². The largest absolute Gasteiger partial charge is 0.417 e. The number of aromatic nitrogens is 3. The molecule has 0 aliphatic heterocycles. The molecule has 0 radical (unpaired) electrons. The molecule has 0 saturated carbocycles. The van der Waals surface area contributed by atoms with Crippen molar-refractivity contribution >= 4 is 21.8 Å². The predicted octanol–water partition coefficient (Wildman–Crippen LogP) is 3.56. The van der Waals surface area contributed by atoms with Crippen molar-refractivity contribution in [3.05, 3.63) is 59.5 Å². The smallest absolute Gasteiger partial charge is 0.368 e. The van der Waals surface area contributed by atoms with Crippen LogP contribution in [0.5, 0.6) is 0 Å². The van der Waals surface area contributed by atoms with Crippen LogP contribution in [-0.4, -0.2) is 23.4 Å². The van der Waals surface area contributed by atoms with Crippen LogP contribution < -0.4 is 10.5 Å². The quantitative estimate of drug-likeness (QED) is 0.664. The number of nitrogens with one attached hydrogen (secondary N) is 1. The lowest BCUT2D eigenvalue weighted by atomic mass is 10.0. The highest BCUT2D eigenvalue weighted by molar-refractivity contribution is 7.92. The molecule has 152 valence electrons. The topological polar surface area (TPSA) is 111 Å². The van der Waals surface area contributed by atoms with E-state index in [1.807, 2.05) is 0 Å². The number of nitrogens with zero attached hydrogens (tertiary/aromatic N) is 3. The average Bonchev–Trinajstić information content (AvgIpc) is 2.60. The Labute approximate surface area is 164 Å². The molecule has 0 atom stereocenters. The molecule has 29 heavy (non-hydrogen) atoms. The molecule has 0 aliphatic carbocycles. The molecule has 0 unspecified atom stereocenters. The molecular formula is C18H16F3N5O2S. The van der Waals surface area contributed by atoms with E-state index in [0.717, 1.165) is 12.1 Å². The lowest BCUT2D eigenvalue weighted by molar-refractivity contribution is -0.139. The Bertz CT molecular complexity index is 1180. The van der Waals surface area contributed by atoms with Gasteiger partial charge in [0, 0.05) is 17.5 Å². The van der Waals surface area contributed by atoms with E-state index >= 15 is 0 Å². The van der Waals surface area contributed by atoms with Crippen LogP contribution in [0.4, 0.5) is 24.9 Å². The fourth-order valence-electron chi connectivity index (χ4n) is 2.71. The third kappa shape index (κ3) is 4.45. The molecule has 0 amide bonds. The molecule has 0 spiro atoms. The SMILES string of the molecule is Cc1cccc(NS(=O)(=O)c2cc(-c3cnc(N)nc3C)ccc2C(F)(F)F)n1. The summed E-state index contributed by atoms with van der Waals surface area (Å²) in [6.45, 7) is 3.22. The van der Waals surface area contributed by atoms with Gasteiger partial charge in [0.15, 0.2) is 0 Å². The van der Waals surface area contributed by atoms with Gasteiger partial charge in [0.25, 0.3) is 10.0 Å². The summed E-state index contributed by atoms with van der Waals surface area (Å²) in [4.78, 5) is 10.8. The molecule has 7 nitrogen and oxygen atoms in total. The number of anilines is 2. The van der Waals surface area contributed by atoms with Crippen molar-refractivity contribution in [1.82, 2.24) is 15.0 Å². The van der Waals surface area contributed by atoms with Crippen molar-refractivity contribution in [2.45, 2.75) is 24.9 Å². The molecule has 0 aliphatic rings. The van der Waals surface area contributed by atoms with Gasteiger partial charge in [0.05, 0.1) is 11.3 Å². The highest BCUT2D eigenvalue weighted by Crippen LogP contribution is 2.37. The van der Waals surface area contributed by atoms with E-state index in [9.17, 15) is 21.6 Å². The zero-order chi connectivity index (χ0) is 21.4. The number of nitrogens with two attached hydrogens (primary N) is 1. The lowest BCUT2D eigenvalue weighted by Gasteiger charge is -2.16. The molecule has 2 aromatic heterocycles. The van der Waals surface area contributed by atoms with Crippen LogP contribution in [0, 0.1) is 13.8 Å². The van der Waals surface area contributed by atoms with Gasteiger partial charge in [0.1, 0.15) is 10.7 Å². The first-order chi connectivity index (χ1) is 13.5. The maximum absolute atomic E-state index is 13.5. The molecule has 11 heteroatoms. The number of benzene rings is 1. The van der Waals surface area contributed by atoms with Crippen LogP contribution in [-0.2, 0) is 16.2 Å². The normalized spacial score (nSPS) is 12.0. The van der Waals surface area contributed by atoms with Crippen LogP contribution in [0.25, 0.3) is 11.1 Å². The van der Waals surface area contributed by atoms with Gasteiger partial charge in [-0.2, -0.15) is 13.2 Å². The second-order valence-electron chi connectivity index (χ2n) is 6.21. The Morgan fingerprint density at radius 3 is 2.41 bits per heavy atom. The van der Waals surface area contributed by atoms with Gasteiger partial charge in [-0.15, -0.1) is 0 Å². The van der Waals surface area contributed by atoms with E-state index in [1.165, 1.54) is 18.3 Å². The minimum atomic E-state index is -4.88. The maximum Gasteiger partial charge on any atom is 0.417 e. The standard InChI is InChI=1S/C18H16F3N5O2S/c1-10-4-3-5-16(24-10)26-29(27,28)15-8-12(6-7-14(15)18(19,20)21)13-9-23-17(22)25-11(13)2/h3-9H,1-2H3,(H,24,26)(H2,22,23,25). The minimum absolute atomic E-state index is 0.00167. The van der Waals surface area contributed by atoms with E-state index < -0.39 is 26.7 Å². The summed E-state index contributed by atoms with van der Waals surface area (Å²) in [5.74, 6) is -0.0891. The van der Waals surface area contributed by atoms with Crippen molar-refractivity contribution in [2.24, 2.45) is 0 Å². The molecule has 3 rings (SSSR count). The number of pyridine rings is 1. The Morgan fingerprint density at radius 2 is 1.79 bits per heavy atom. The van der Waals surface area contributed by atoms with Crippen LogP contribution >= 0.6 is 0 Å². The highest BCUT2D eigenvalue weighted by Gasteiger charge is 2.37. The first kappa shape index (κ1) is 20.5. The van der Waals surface area contributed by atoms with Crippen LogP contribution in [0.15, 0.2) is 47.5 Å². The molecular weight excluding hydrogens is 407 g/mol. The summed E-state index contributed by atoms with van der Waals surface area (Å²) < 4.78 is 68.2. The highest BCUT2D eigenvalue weighted by atomic mass is 32.2. The summed E-state index contributed by atoms with van der Waals surface area (Å²) >= 11 is 0. The Hall–Kier alpha value is -3.21. The van der Waals surface area contributed by atoms with Gasteiger partial charge in [-0.05, 0) is 43.7 Å². The van der Waals surface area contributed by atoms with Crippen molar-refractivity contribution < 1.29 is 21.6 Å². The number of hydrogen-bond donors (Lipinski definition) is 2. The lowest BCUT2D eigenvalue weighted by Crippen LogP contribution is -2.19. The van der Waals surface area contributed by atoms with Gasteiger partial charge < -0.3 is 5.73 Å². The Balaban J connectivity index is 2.16. The van der Waals surface area contributed by atoms with E-state index in [2.05, 4.69) is 19.7 Å². The number of sulfonamides is 1. The van der Waals surface area contributed by atoms with E-state index in [1.54, 1.807) is 19.9 Å². The van der Waals surface area contributed by atoms with Gasteiger partial charge >= 0.3 is 6.18 Å². The second-order valence-corrected chi connectivity index (χ2v) is 7.86. The van der Waals surface area contributed by atoms with E-state index in [-0.39, 0.29) is 17.3 Å². The second kappa shape index (κ2) is 7.32. The molecule has 0 saturated heterocycles. The molecule has 0 fully saturated rings. The first-order valence-electron chi connectivity index (χ1n) is 8.24. The van der Waals surface area contributed by atoms with Crippen LogP contribution in [0.3, 0.4) is 0 Å². The maximum atomic E-state index is 13.5. The third-order valence-electron chi connectivity index (χ3n) is 4.01. The molecule has 2 heterocycles. The van der Waals surface area contributed by atoms with Gasteiger partial charge in [-0.3, -0.25) is 4.72 Å². The first-order valence-corrected chi connectivity index (χ1v) is 9.73. The number of nitrogen functional groups attached to an aromatic ring is 1.